The van der Waals surface area contributed by atoms with Gasteiger partial charge in [-0.25, -0.2) is 0 Å². The number of rotatable bonds is 5. The summed E-state index contributed by atoms with van der Waals surface area (Å²) in [5, 5.41) is 0. The highest BCUT2D eigenvalue weighted by Gasteiger charge is 2.32. The molecule has 30 heavy (non-hydrogen) atoms. The van der Waals surface area contributed by atoms with E-state index >= 15 is 0 Å². The van der Waals surface area contributed by atoms with E-state index in [9.17, 15) is 9.59 Å². The SMILES string of the molecule is C=CCN1C(=O)/C(=C\c2c(Oc3cccc(C)c3)nc3ccccn3c2=O)SC1=S. The zero-order valence-corrected chi connectivity index (χ0v) is 17.7. The summed E-state index contributed by atoms with van der Waals surface area (Å²) in [6.45, 7) is 5.91. The minimum Gasteiger partial charge on any atom is -0.438 e. The van der Waals surface area contributed by atoms with Crippen LogP contribution in [0.15, 0.2) is 71.0 Å². The molecule has 4 rings (SSSR count). The van der Waals surface area contributed by atoms with Crippen molar-refractivity contribution in [1.29, 1.82) is 0 Å². The van der Waals surface area contributed by atoms with Crippen LogP contribution in [0, 0.1) is 6.92 Å². The molecule has 3 aromatic rings. The van der Waals surface area contributed by atoms with Crippen LogP contribution in [0.4, 0.5) is 0 Å². The first-order valence-corrected chi connectivity index (χ1v) is 10.3. The van der Waals surface area contributed by atoms with E-state index in [0.717, 1.165) is 17.3 Å². The smallest absolute Gasteiger partial charge is 0.269 e. The summed E-state index contributed by atoms with van der Waals surface area (Å²) in [6, 6.07) is 12.7. The zero-order chi connectivity index (χ0) is 21.3. The van der Waals surface area contributed by atoms with Crippen molar-refractivity contribution in [2.45, 2.75) is 6.92 Å². The fraction of sp³-hybridized carbons (Fsp3) is 0.0909. The molecule has 6 nitrogen and oxygen atoms in total. The van der Waals surface area contributed by atoms with Gasteiger partial charge in [-0.3, -0.25) is 18.9 Å². The second-order valence-electron chi connectivity index (χ2n) is 6.56. The standard InChI is InChI=1S/C22H17N3O3S2/c1-3-10-25-21(27)17(30-22(25)29)13-16-19(28-15-8-6-7-14(2)12-15)23-18-9-4-5-11-24(18)20(16)26/h3-9,11-13H,1,10H2,2H3/b17-13+. The van der Waals surface area contributed by atoms with Gasteiger partial charge in [-0.2, -0.15) is 4.98 Å². The number of carbonyl (C=O) groups excluding carboxylic acids is 1. The normalized spacial score (nSPS) is 15.2. The molecule has 3 heterocycles. The average molecular weight is 436 g/mol. The number of carbonyl (C=O) groups is 1. The highest BCUT2D eigenvalue weighted by molar-refractivity contribution is 8.26. The van der Waals surface area contributed by atoms with Gasteiger partial charge in [0, 0.05) is 12.7 Å². The van der Waals surface area contributed by atoms with Gasteiger partial charge in [-0.15, -0.1) is 6.58 Å². The number of hydrogen-bond donors (Lipinski definition) is 0. The van der Waals surface area contributed by atoms with Gasteiger partial charge in [0.1, 0.15) is 21.3 Å². The Kier molecular flexibility index (Phi) is 5.52. The number of hydrogen-bond acceptors (Lipinski definition) is 6. The summed E-state index contributed by atoms with van der Waals surface area (Å²) < 4.78 is 7.81. The lowest BCUT2D eigenvalue weighted by Crippen LogP contribution is -2.28. The lowest BCUT2D eigenvalue weighted by atomic mass is 10.2. The largest absolute Gasteiger partial charge is 0.438 e. The van der Waals surface area contributed by atoms with Crippen molar-refractivity contribution in [2.24, 2.45) is 0 Å². The molecule has 0 aliphatic carbocycles. The van der Waals surface area contributed by atoms with Crippen LogP contribution in [0.25, 0.3) is 11.7 Å². The molecule has 8 heteroatoms. The van der Waals surface area contributed by atoms with Crippen LogP contribution in [0.2, 0.25) is 0 Å². The lowest BCUT2D eigenvalue weighted by Gasteiger charge is -2.11. The van der Waals surface area contributed by atoms with E-state index in [0.29, 0.717) is 27.2 Å². The van der Waals surface area contributed by atoms with Crippen molar-refractivity contribution in [3.63, 3.8) is 0 Å². The molecule has 0 atom stereocenters. The molecule has 2 aromatic heterocycles. The number of nitrogens with zero attached hydrogens (tertiary/aromatic N) is 3. The highest BCUT2D eigenvalue weighted by Crippen LogP contribution is 2.34. The van der Waals surface area contributed by atoms with E-state index in [-0.39, 0.29) is 22.9 Å². The van der Waals surface area contributed by atoms with Crippen molar-refractivity contribution in [3.05, 3.63) is 87.7 Å². The predicted octanol–water partition coefficient (Wildman–Crippen LogP) is 4.18. The molecule has 0 bridgehead atoms. The number of thioether (sulfide) groups is 1. The van der Waals surface area contributed by atoms with Gasteiger partial charge in [0.15, 0.2) is 0 Å². The Labute approximate surface area is 182 Å². The molecule has 150 valence electrons. The molecule has 0 unspecified atom stereocenters. The van der Waals surface area contributed by atoms with Crippen LogP contribution in [-0.2, 0) is 4.79 Å². The Balaban J connectivity index is 1.86. The van der Waals surface area contributed by atoms with E-state index in [4.69, 9.17) is 17.0 Å². The van der Waals surface area contributed by atoms with E-state index in [2.05, 4.69) is 11.6 Å². The number of thiocarbonyl (C=S) groups is 1. The molecular weight excluding hydrogens is 418 g/mol. The van der Waals surface area contributed by atoms with E-state index in [1.807, 2.05) is 25.1 Å². The second-order valence-corrected chi connectivity index (χ2v) is 8.24. The van der Waals surface area contributed by atoms with Crippen molar-refractivity contribution >= 4 is 45.9 Å². The highest BCUT2D eigenvalue weighted by atomic mass is 32.2. The first-order chi connectivity index (χ1) is 14.5. The first-order valence-electron chi connectivity index (χ1n) is 9.10. The van der Waals surface area contributed by atoms with E-state index in [1.165, 1.54) is 15.4 Å². The maximum Gasteiger partial charge on any atom is 0.269 e. The Bertz CT molecular complexity index is 1280. The van der Waals surface area contributed by atoms with Crippen molar-refractivity contribution in [1.82, 2.24) is 14.3 Å². The number of fused-ring (bicyclic) bond motifs is 1. The fourth-order valence-electron chi connectivity index (χ4n) is 2.99. The second kappa shape index (κ2) is 8.25. The van der Waals surface area contributed by atoms with Gasteiger partial charge < -0.3 is 4.74 Å². The Hall–Kier alpha value is -3.23. The van der Waals surface area contributed by atoms with Crippen molar-refractivity contribution in [2.75, 3.05) is 6.54 Å². The quantitative estimate of drug-likeness (QED) is 0.340. The van der Waals surface area contributed by atoms with Gasteiger partial charge >= 0.3 is 0 Å². The van der Waals surface area contributed by atoms with Crippen LogP contribution in [0.1, 0.15) is 11.1 Å². The topological polar surface area (TPSA) is 63.9 Å². The third-order valence-electron chi connectivity index (χ3n) is 4.40. The summed E-state index contributed by atoms with van der Waals surface area (Å²) in [5.41, 5.74) is 1.30. The maximum absolute atomic E-state index is 13.2. The molecule has 0 N–H and O–H groups in total. The first kappa shape index (κ1) is 20.1. The third kappa shape index (κ3) is 3.79. The third-order valence-corrected chi connectivity index (χ3v) is 5.78. The molecule has 0 radical (unpaired) electrons. The summed E-state index contributed by atoms with van der Waals surface area (Å²) in [7, 11) is 0. The van der Waals surface area contributed by atoms with E-state index in [1.54, 1.807) is 36.5 Å². The molecule has 0 spiro atoms. The van der Waals surface area contributed by atoms with Gasteiger partial charge in [0.05, 0.1) is 4.91 Å². The molecule has 1 fully saturated rings. The lowest BCUT2D eigenvalue weighted by molar-refractivity contribution is -0.121. The van der Waals surface area contributed by atoms with Crippen molar-refractivity contribution < 1.29 is 9.53 Å². The van der Waals surface area contributed by atoms with E-state index < -0.39 is 0 Å². The Morgan fingerprint density at radius 2 is 2.07 bits per heavy atom. The summed E-state index contributed by atoms with van der Waals surface area (Å²) in [5.74, 6) is 0.408. The van der Waals surface area contributed by atoms with Crippen LogP contribution in [0.3, 0.4) is 0 Å². The van der Waals surface area contributed by atoms with Gasteiger partial charge in [0.25, 0.3) is 11.5 Å². The zero-order valence-electron chi connectivity index (χ0n) is 16.1. The molecule has 1 amide bonds. The van der Waals surface area contributed by atoms with Gasteiger partial charge in [-0.1, -0.05) is 48.3 Å². The number of aromatic nitrogens is 2. The molecule has 1 aromatic carbocycles. The summed E-state index contributed by atoms with van der Waals surface area (Å²) >= 11 is 6.43. The summed E-state index contributed by atoms with van der Waals surface area (Å²) in [4.78, 5) is 32.2. The fourth-order valence-corrected chi connectivity index (χ4v) is 4.25. The predicted molar refractivity (Wildman–Crippen MR) is 123 cm³/mol. The van der Waals surface area contributed by atoms with Crippen LogP contribution in [-0.4, -0.2) is 31.1 Å². The van der Waals surface area contributed by atoms with Gasteiger partial charge in [0.2, 0.25) is 5.88 Å². The van der Waals surface area contributed by atoms with Crippen LogP contribution >= 0.6 is 24.0 Å². The molecule has 1 saturated heterocycles. The van der Waals surface area contributed by atoms with Crippen molar-refractivity contribution in [3.8, 4) is 11.6 Å². The molecule has 1 aliphatic rings. The average Bonchev–Trinajstić information content (AvgIpc) is 2.99. The number of benzene rings is 1. The van der Waals surface area contributed by atoms with Crippen LogP contribution < -0.4 is 10.3 Å². The molecule has 0 saturated carbocycles. The van der Waals surface area contributed by atoms with Crippen LogP contribution in [0.5, 0.6) is 11.6 Å². The number of aryl methyl sites for hydroxylation is 1. The number of amides is 1. The minimum absolute atomic E-state index is 0.130. The Morgan fingerprint density at radius 3 is 2.83 bits per heavy atom. The summed E-state index contributed by atoms with van der Waals surface area (Å²) in [6.07, 6.45) is 4.73. The maximum atomic E-state index is 13.2. The monoisotopic (exact) mass is 435 g/mol. The van der Waals surface area contributed by atoms with Gasteiger partial charge in [-0.05, 0) is 42.8 Å². The minimum atomic E-state index is -0.336. The number of ether oxygens (including phenoxy) is 1. The Morgan fingerprint density at radius 1 is 1.23 bits per heavy atom. The number of pyridine rings is 1. The molecule has 1 aliphatic heterocycles. The molecular formula is C22H17N3O3S2.